The van der Waals surface area contributed by atoms with Crippen LogP contribution in [0.5, 0.6) is 17.2 Å². The highest BCUT2D eigenvalue weighted by Gasteiger charge is 2.34. The fourth-order valence-corrected chi connectivity index (χ4v) is 6.64. The number of anilines is 1. The Labute approximate surface area is 190 Å². The molecular weight excluding hydrogens is 450 g/mol. The molecule has 9 heteroatoms. The van der Waals surface area contributed by atoms with E-state index in [1.165, 1.54) is 30.6 Å². The van der Waals surface area contributed by atoms with Crippen molar-refractivity contribution in [3.05, 3.63) is 58.3 Å². The standard InChI is InChI=1S/C23H23NO6S2/c1-4-30-18-10-5-14(11-19(18)29-3)17-12-21(25)24-22-20(13-31-23(17)22)32(26,27)16-8-6-15(28-2)7-9-16/h5-11,13,17H,4,12H2,1-3H3,(H,24,25)/t17-/m1/s1. The van der Waals surface area contributed by atoms with Crippen LogP contribution in [-0.4, -0.2) is 35.2 Å². The van der Waals surface area contributed by atoms with Crippen LogP contribution in [-0.2, 0) is 14.6 Å². The first-order valence-electron chi connectivity index (χ1n) is 10.00. The molecule has 168 valence electrons. The number of fused-ring (bicyclic) bond motifs is 1. The molecule has 0 bridgehead atoms. The number of ether oxygens (including phenoxy) is 3. The van der Waals surface area contributed by atoms with E-state index >= 15 is 0 Å². The van der Waals surface area contributed by atoms with Gasteiger partial charge in [-0.1, -0.05) is 6.07 Å². The number of amides is 1. The predicted molar refractivity (Wildman–Crippen MR) is 122 cm³/mol. The van der Waals surface area contributed by atoms with Gasteiger partial charge in [0.15, 0.2) is 11.5 Å². The molecule has 3 aromatic rings. The molecule has 1 aliphatic rings. The summed E-state index contributed by atoms with van der Waals surface area (Å²) in [7, 11) is -0.744. The second-order valence-electron chi connectivity index (χ2n) is 7.17. The van der Waals surface area contributed by atoms with Crippen molar-refractivity contribution in [2.24, 2.45) is 0 Å². The zero-order chi connectivity index (χ0) is 22.9. The van der Waals surface area contributed by atoms with Gasteiger partial charge in [0.25, 0.3) is 0 Å². The molecule has 0 saturated carbocycles. The largest absolute Gasteiger partial charge is 0.497 e. The lowest BCUT2D eigenvalue weighted by Crippen LogP contribution is -2.23. The van der Waals surface area contributed by atoms with Crippen molar-refractivity contribution in [2.75, 3.05) is 26.1 Å². The molecule has 0 aliphatic carbocycles. The van der Waals surface area contributed by atoms with Crippen LogP contribution in [0.1, 0.15) is 29.7 Å². The maximum absolute atomic E-state index is 13.3. The molecule has 2 heterocycles. The van der Waals surface area contributed by atoms with Crippen molar-refractivity contribution < 1.29 is 27.4 Å². The summed E-state index contributed by atoms with van der Waals surface area (Å²) in [5.41, 5.74) is 1.21. The molecule has 0 radical (unpaired) electrons. The van der Waals surface area contributed by atoms with Crippen molar-refractivity contribution in [3.8, 4) is 17.2 Å². The van der Waals surface area contributed by atoms with Gasteiger partial charge in [0, 0.05) is 22.6 Å². The van der Waals surface area contributed by atoms with E-state index in [2.05, 4.69) is 5.32 Å². The molecule has 1 aromatic heterocycles. The van der Waals surface area contributed by atoms with Gasteiger partial charge in [0.1, 0.15) is 10.6 Å². The monoisotopic (exact) mass is 473 g/mol. The molecule has 0 saturated heterocycles. The first-order chi connectivity index (χ1) is 15.4. The van der Waals surface area contributed by atoms with Crippen LogP contribution in [0, 0.1) is 0 Å². The fraction of sp³-hybridized carbons (Fsp3) is 0.261. The predicted octanol–water partition coefficient (Wildman–Crippen LogP) is 4.47. The van der Waals surface area contributed by atoms with Gasteiger partial charge in [-0.15, -0.1) is 11.3 Å². The first kappa shape index (κ1) is 22.2. The van der Waals surface area contributed by atoms with Crippen LogP contribution < -0.4 is 19.5 Å². The summed E-state index contributed by atoms with van der Waals surface area (Å²) in [6, 6.07) is 11.7. The Morgan fingerprint density at radius 3 is 2.47 bits per heavy atom. The number of thiophene rings is 1. The Morgan fingerprint density at radius 1 is 1.06 bits per heavy atom. The maximum Gasteiger partial charge on any atom is 0.225 e. The molecule has 1 amide bonds. The number of carbonyl (C=O) groups is 1. The van der Waals surface area contributed by atoms with Crippen molar-refractivity contribution in [1.29, 1.82) is 0 Å². The molecule has 1 aliphatic heterocycles. The third kappa shape index (κ3) is 3.93. The number of rotatable bonds is 7. The normalized spacial score (nSPS) is 15.6. The Balaban J connectivity index is 1.76. The number of hydrogen-bond donors (Lipinski definition) is 1. The Bertz CT molecular complexity index is 1250. The smallest absolute Gasteiger partial charge is 0.225 e. The fourth-order valence-electron chi connectivity index (χ4n) is 3.73. The molecule has 7 nitrogen and oxygen atoms in total. The van der Waals surface area contributed by atoms with Crippen LogP contribution in [0.4, 0.5) is 5.69 Å². The van der Waals surface area contributed by atoms with Crippen molar-refractivity contribution in [1.82, 2.24) is 0 Å². The minimum absolute atomic E-state index is 0.0959. The van der Waals surface area contributed by atoms with Gasteiger partial charge in [-0.3, -0.25) is 4.79 Å². The molecule has 4 rings (SSSR count). The van der Waals surface area contributed by atoms with E-state index in [4.69, 9.17) is 14.2 Å². The second kappa shape index (κ2) is 8.84. The van der Waals surface area contributed by atoms with Crippen LogP contribution in [0.25, 0.3) is 0 Å². The zero-order valence-corrected chi connectivity index (χ0v) is 19.5. The van der Waals surface area contributed by atoms with Crippen molar-refractivity contribution >= 4 is 32.8 Å². The summed E-state index contributed by atoms with van der Waals surface area (Å²) in [4.78, 5) is 13.6. The van der Waals surface area contributed by atoms with E-state index in [0.29, 0.717) is 29.5 Å². The number of carbonyl (C=O) groups excluding carboxylic acids is 1. The van der Waals surface area contributed by atoms with E-state index in [1.807, 2.05) is 25.1 Å². The molecule has 0 unspecified atom stereocenters. The van der Waals surface area contributed by atoms with Gasteiger partial charge in [0.05, 0.1) is 31.4 Å². The quantitative estimate of drug-likeness (QED) is 0.544. The number of hydrogen-bond acceptors (Lipinski definition) is 7. The molecule has 0 fully saturated rings. The zero-order valence-electron chi connectivity index (χ0n) is 17.9. The highest BCUT2D eigenvalue weighted by molar-refractivity contribution is 7.91. The number of nitrogens with one attached hydrogen (secondary N) is 1. The number of methoxy groups -OCH3 is 2. The summed E-state index contributed by atoms with van der Waals surface area (Å²) in [5, 5.41) is 4.37. The van der Waals surface area contributed by atoms with E-state index in [0.717, 1.165) is 10.4 Å². The Morgan fingerprint density at radius 2 is 1.81 bits per heavy atom. The Hall–Kier alpha value is -3.04. The number of sulfone groups is 1. The lowest BCUT2D eigenvalue weighted by molar-refractivity contribution is -0.116. The van der Waals surface area contributed by atoms with Gasteiger partial charge in [-0.05, 0) is 48.9 Å². The highest BCUT2D eigenvalue weighted by atomic mass is 32.2. The van der Waals surface area contributed by atoms with E-state index in [9.17, 15) is 13.2 Å². The SMILES string of the molecule is CCOc1ccc([C@H]2CC(=O)Nc3c(S(=O)(=O)c4ccc(OC)cc4)csc32)cc1OC. The first-order valence-corrected chi connectivity index (χ1v) is 12.4. The summed E-state index contributed by atoms with van der Waals surface area (Å²) < 4.78 is 42.8. The molecule has 32 heavy (non-hydrogen) atoms. The van der Waals surface area contributed by atoms with Gasteiger partial charge >= 0.3 is 0 Å². The topological polar surface area (TPSA) is 90.9 Å². The minimum atomic E-state index is -3.82. The van der Waals surface area contributed by atoms with Crippen molar-refractivity contribution in [2.45, 2.75) is 29.1 Å². The third-order valence-electron chi connectivity index (χ3n) is 5.31. The third-order valence-corrected chi connectivity index (χ3v) is 8.34. The average molecular weight is 474 g/mol. The number of benzene rings is 2. The van der Waals surface area contributed by atoms with Gasteiger partial charge in [-0.25, -0.2) is 8.42 Å². The van der Waals surface area contributed by atoms with Crippen LogP contribution in [0.2, 0.25) is 0 Å². The Kier molecular flexibility index (Phi) is 6.12. The molecule has 0 spiro atoms. The van der Waals surface area contributed by atoms with Crippen LogP contribution in [0.3, 0.4) is 0 Å². The van der Waals surface area contributed by atoms with Crippen LogP contribution in [0.15, 0.2) is 57.6 Å². The van der Waals surface area contributed by atoms with Gasteiger partial charge < -0.3 is 19.5 Å². The molecule has 1 N–H and O–H groups in total. The second-order valence-corrected chi connectivity index (χ2v) is 10.00. The highest BCUT2D eigenvalue weighted by Crippen LogP contribution is 2.47. The minimum Gasteiger partial charge on any atom is -0.497 e. The summed E-state index contributed by atoms with van der Waals surface area (Å²) in [6.45, 7) is 2.39. The molecular formula is C23H23NO6S2. The summed E-state index contributed by atoms with van der Waals surface area (Å²) >= 11 is 1.32. The maximum atomic E-state index is 13.3. The van der Waals surface area contributed by atoms with Crippen LogP contribution >= 0.6 is 11.3 Å². The van der Waals surface area contributed by atoms with E-state index in [1.54, 1.807) is 24.6 Å². The lowest BCUT2D eigenvalue weighted by Gasteiger charge is -2.24. The molecule has 1 atom stereocenters. The van der Waals surface area contributed by atoms with Gasteiger partial charge in [0.2, 0.25) is 15.7 Å². The lowest BCUT2D eigenvalue weighted by atomic mass is 9.90. The van der Waals surface area contributed by atoms with Crippen molar-refractivity contribution in [3.63, 3.8) is 0 Å². The van der Waals surface area contributed by atoms with Gasteiger partial charge in [-0.2, -0.15) is 0 Å². The molecule has 2 aromatic carbocycles. The van der Waals surface area contributed by atoms with E-state index < -0.39 is 9.84 Å². The summed E-state index contributed by atoms with van der Waals surface area (Å²) in [6.07, 6.45) is 0.215. The summed E-state index contributed by atoms with van der Waals surface area (Å²) in [5.74, 6) is 1.23. The van der Waals surface area contributed by atoms with E-state index in [-0.39, 0.29) is 28.0 Å². The average Bonchev–Trinajstić information content (AvgIpc) is 3.23.